The van der Waals surface area contributed by atoms with E-state index in [0.29, 0.717) is 12.1 Å². The van der Waals surface area contributed by atoms with Crippen molar-refractivity contribution < 1.29 is 17.6 Å². The lowest BCUT2D eigenvalue weighted by Crippen LogP contribution is -2.29. The third-order valence-corrected chi connectivity index (χ3v) is 2.57. The number of nitrogens with two attached hydrogens (primary N) is 1. The van der Waals surface area contributed by atoms with E-state index >= 15 is 0 Å². The molecular weight excluding hydrogens is 248 g/mol. The fraction of sp³-hybridized carbons (Fsp3) is 0.500. The number of rotatable bonds is 5. The Bertz CT molecular complexity index is 390. The molecule has 0 radical (unpaired) electrons. The van der Waals surface area contributed by atoms with E-state index in [4.69, 9.17) is 5.73 Å². The van der Waals surface area contributed by atoms with Crippen LogP contribution < -0.4 is 11.1 Å². The second kappa shape index (κ2) is 6.15. The Morgan fingerprint density at radius 1 is 1.33 bits per heavy atom. The van der Waals surface area contributed by atoms with Crippen LogP contribution in [0.5, 0.6) is 0 Å². The average Bonchev–Trinajstić information content (AvgIpc) is 2.30. The van der Waals surface area contributed by atoms with Gasteiger partial charge in [0.2, 0.25) is 0 Å². The van der Waals surface area contributed by atoms with Gasteiger partial charge in [0.25, 0.3) is 0 Å². The molecule has 0 fully saturated rings. The van der Waals surface area contributed by atoms with Crippen molar-refractivity contribution in [1.29, 1.82) is 0 Å². The SMILES string of the molecule is CCCNC(CN)c1ccc(F)c(C(F)(F)F)c1. The Morgan fingerprint density at radius 2 is 2.00 bits per heavy atom. The van der Waals surface area contributed by atoms with Crippen LogP contribution in [0.15, 0.2) is 18.2 Å². The summed E-state index contributed by atoms with van der Waals surface area (Å²) in [6.07, 6.45) is -3.85. The van der Waals surface area contributed by atoms with Crippen molar-refractivity contribution in [2.75, 3.05) is 13.1 Å². The first kappa shape index (κ1) is 14.9. The molecule has 1 unspecified atom stereocenters. The molecule has 0 aromatic heterocycles. The smallest absolute Gasteiger partial charge is 0.329 e. The van der Waals surface area contributed by atoms with E-state index in [1.807, 2.05) is 6.92 Å². The molecule has 1 aromatic rings. The quantitative estimate of drug-likeness (QED) is 0.802. The zero-order valence-corrected chi connectivity index (χ0v) is 10.0. The molecule has 2 nitrogen and oxygen atoms in total. The van der Waals surface area contributed by atoms with Crippen molar-refractivity contribution in [3.63, 3.8) is 0 Å². The van der Waals surface area contributed by atoms with Gasteiger partial charge in [-0.05, 0) is 30.7 Å². The molecule has 102 valence electrons. The van der Waals surface area contributed by atoms with E-state index in [0.717, 1.165) is 18.6 Å². The van der Waals surface area contributed by atoms with Crippen molar-refractivity contribution in [3.8, 4) is 0 Å². The molecule has 3 N–H and O–H groups in total. The van der Waals surface area contributed by atoms with E-state index < -0.39 is 23.6 Å². The Hall–Kier alpha value is -1.14. The highest BCUT2D eigenvalue weighted by Crippen LogP contribution is 2.32. The van der Waals surface area contributed by atoms with Gasteiger partial charge in [0.15, 0.2) is 0 Å². The lowest BCUT2D eigenvalue weighted by atomic mass is 10.0. The largest absolute Gasteiger partial charge is 0.419 e. The van der Waals surface area contributed by atoms with Crippen molar-refractivity contribution >= 4 is 0 Å². The highest BCUT2D eigenvalue weighted by Gasteiger charge is 2.34. The number of hydrogen-bond donors (Lipinski definition) is 2. The third-order valence-electron chi connectivity index (χ3n) is 2.57. The van der Waals surface area contributed by atoms with Crippen LogP contribution >= 0.6 is 0 Å². The molecule has 0 bridgehead atoms. The summed E-state index contributed by atoms with van der Waals surface area (Å²) in [6.45, 7) is 2.73. The summed E-state index contributed by atoms with van der Waals surface area (Å²) in [6, 6.07) is 2.57. The number of hydrogen-bond acceptors (Lipinski definition) is 2. The second-order valence-electron chi connectivity index (χ2n) is 3.98. The standard InChI is InChI=1S/C12H16F4N2/c1-2-5-18-11(7-17)8-3-4-10(13)9(6-8)12(14,15)16/h3-4,6,11,18H,2,5,7,17H2,1H3. The topological polar surface area (TPSA) is 38.0 Å². The van der Waals surface area contributed by atoms with Gasteiger partial charge in [-0.3, -0.25) is 0 Å². The normalized spacial score (nSPS) is 13.7. The fourth-order valence-corrected chi connectivity index (χ4v) is 1.63. The molecule has 0 amide bonds. The molecular formula is C12H16F4N2. The van der Waals surface area contributed by atoms with Gasteiger partial charge >= 0.3 is 6.18 Å². The van der Waals surface area contributed by atoms with E-state index in [1.54, 1.807) is 0 Å². The minimum absolute atomic E-state index is 0.156. The molecule has 0 aliphatic heterocycles. The van der Waals surface area contributed by atoms with Crippen LogP contribution in [0.1, 0.15) is 30.5 Å². The number of alkyl halides is 3. The molecule has 1 atom stereocenters. The van der Waals surface area contributed by atoms with Gasteiger partial charge in [-0.1, -0.05) is 13.0 Å². The van der Waals surface area contributed by atoms with E-state index in [-0.39, 0.29) is 6.54 Å². The van der Waals surface area contributed by atoms with Crippen LogP contribution in [0.4, 0.5) is 17.6 Å². The van der Waals surface area contributed by atoms with Crippen LogP contribution in [0, 0.1) is 5.82 Å². The monoisotopic (exact) mass is 264 g/mol. The molecule has 0 spiro atoms. The summed E-state index contributed by atoms with van der Waals surface area (Å²) in [5.74, 6) is -1.27. The number of benzene rings is 1. The van der Waals surface area contributed by atoms with Crippen LogP contribution in [0.3, 0.4) is 0 Å². The molecule has 1 aromatic carbocycles. The van der Waals surface area contributed by atoms with Crippen LogP contribution in [0.25, 0.3) is 0 Å². The van der Waals surface area contributed by atoms with Crippen molar-refractivity contribution in [3.05, 3.63) is 35.1 Å². The first-order valence-corrected chi connectivity index (χ1v) is 5.70. The van der Waals surface area contributed by atoms with E-state index in [9.17, 15) is 17.6 Å². The van der Waals surface area contributed by atoms with E-state index in [1.165, 1.54) is 6.07 Å². The number of halogens is 4. The maximum absolute atomic E-state index is 13.1. The molecule has 0 aliphatic carbocycles. The molecule has 18 heavy (non-hydrogen) atoms. The predicted octanol–water partition coefficient (Wildman–Crippen LogP) is 2.84. The highest BCUT2D eigenvalue weighted by atomic mass is 19.4. The maximum atomic E-state index is 13.1. The van der Waals surface area contributed by atoms with Gasteiger partial charge in [0.05, 0.1) is 5.56 Å². The van der Waals surface area contributed by atoms with Crippen LogP contribution in [-0.2, 0) is 6.18 Å². The minimum atomic E-state index is -4.69. The first-order chi connectivity index (χ1) is 8.40. The Morgan fingerprint density at radius 3 is 2.50 bits per heavy atom. The van der Waals surface area contributed by atoms with Crippen molar-refractivity contribution in [2.24, 2.45) is 5.73 Å². The second-order valence-corrected chi connectivity index (χ2v) is 3.98. The molecule has 0 saturated heterocycles. The average molecular weight is 264 g/mol. The maximum Gasteiger partial charge on any atom is 0.419 e. The van der Waals surface area contributed by atoms with Gasteiger partial charge in [0.1, 0.15) is 5.82 Å². The molecule has 0 saturated carbocycles. The van der Waals surface area contributed by atoms with Gasteiger partial charge in [-0.25, -0.2) is 4.39 Å². The summed E-state index contributed by atoms with van der Waals surface area (Å²) < 4.78 is 50.8. The molecule has 0 heterocycles. The van der Waals surface area contributed by atoms with Gasteiger partial charge in [-0.2, -0.15) is 13.2 Å². The zero-order valence-electron chi connectivity index (χ0n) is 10.0. The summed E-state index contributed by atoms with van der Waals surface area (Å²) in [4.78, 5) is 0. The summed E-state index contributed by atoms with van der Waals surface area (Å²) >= 11 is 0. The van der Waals surface area contributed by atoms with Crippen LogP contribution in [0.2, 0.25) is 0 Å². The predicted molar refractivity (Wildman–Crippen MR) is 61.5 cm³/mol. The Balaban J connectivity index is 3.02. The lowest BCUT2D eigenvalue weighted by Gasteiger charge is -2.18. The first-order valence-electron chi connectivity index (χ1n) is 5.70. The van der Waals surface area contributed by atoms with Gasteiger partial charge in [-0.15, -0.1) is 0 Å². The molecule has 6 heteroatoms. The van der Waals surface area contributed by atoms with E-state index in [2.05, 4.69) is 5.32 Å². The molecule has 1 rings (SSSR count). The fourth-order valence-electron chi connectivity index (χ4n) is 1.63. The Kier molecular flexibility index (Phi) is 5.10. The van der Waals surface area contributed by atoms with Gasteiger partial charge in [0, 0.05) is 12.6 Å². The summed E-state index contributed by atoms with van der Waals surface area (Å²) in [7, 11) is 0. The third kappa shape index (κ3) is 3.68. The van der Waals surface area contributed by atoms with Crippen LogP contribution in [-0.4, -0.2) is 13.1 Å². The summed E-state index contributed by atoms with van der Waals surface area (Å²) in [5.41, 5.74) is 4.60. The lowest BCUT2D eigenvalue weighted by molar-refractivity contribution is -0.140. The minimum Gasteiger partial charge on any atom is -0.329 e. The number of nitrogens with one attached hydrogen (secondary N) is 1. The highest BCUT2D eigenvalue weighted by molar-refractivity contribution is 5.29. The van der Waals surface area contributed by atoms with Crippen molar-refractivity contribution in [1.82, 2.24) is 5.32 Å². The zero-order chi connectivity index (χ0) is 13.8. The van der Waals surface area contributed by atoms with Gasteiger partial charge < -0.3 is 11.1 Å². The van der Waals surface area contributed by atoms with Crippen molar-refractivity contribution in [2.45, 2.75) is 25.6 Å². The summed E-state index contributed by atoms with van der Waals surface area (Å²) in [5, 5.41) is 3.02. The Labute approximate surface area is 103 Å². The molecule has 0 aliphatic rings.